The summed E-state index contributed by atoms with van der Waals surface area (Å²) < 4.78 is 5.49. The average Bonchev–Trinajstić information content (AvgIpc) is 3.24. The lowest BCUT2D eigenvalue weighted by Crippen LogP contribution is -2.29. The van der Waals surface area contributed by atoms with Gasteiger partial charge in [-0.25, -0.2) is 15.0 Å². The quantitative estimate of drug-likeness (QED) is 0.490. The Morgan fingerprint density at radius 3 is 2.83 bits per heavy atom. The second-order valence-corrected chi connectivity index (χ2v) is 7.40. The molecular formula is C22H24N6O. The summed E-state index contributed by atoms with van der Waals surface area (Å²) in [5, 5.41) is 4.73. The van der Waals surface area contributed by atoms with E-state index < -0.39 is 0 Å². The van der Waals surface area contributed by atoms with Gasteiger partial charge in [-0.15, -0.1) is 0 Å². The molecule has 5 rings (SSSR count). The van der Waals surface area contributed by atoms with Crippen molar-refractivity contribution < 1.29 is 4.74 Å². The predicted molar refractivity (Wildman–Crippen MR) is 116 cm³/mol. The first-order valence-corrected chi connectivity index (χ1v) is 10.1. The molecule has 0 spiro atoms. The lowest BCUT2D eigenvalue weighted by molar-refractivity contribution is 0.0903. The van der Waals surface area contributed by atoms with E-state index in [2.05, 4.69) is 40.4 Å². The van der Waals surface area contributed by atoms with Crippen LogP contribution in [-0.2, 0) is 11.2 Å². The van der Waals surface area contributed by atoms with Gasteiger partial charge in [-0.3, -0.25) is 0 Å². The van der Waals surface area contributed by atoms with E-state index in [0.29, 0.717) is 17.4 Å². The van der Waals surface area contributed by atoms with Crippen molar-refractivity contribution in [3.8, 4) is 11.1 Å². The number of aryl methyl sites for hydroxylation is 1. The Balaban J connectivity index is 1.69. The molecule has 29 heavy (non-hydrogen) atoms. The van der Waals surface area contributed by atoms with Gasteiger partial charge >= 0.3 is 0 Å². The molecule has 1 saturated heterocycles. The highest BCUT2D eigenvalue weighted by Crippen LogP contribution is 2.34. The molecule has 1 aliphatic heterocycles. The van der Waals surface area contributed by atoms with Crippen LogP contribution in [0.4, 0.5) is 11.6 Å². The number of ether oxygens (including phenoxy) is 1. The van der Waals surface area contributed by atoms with Crippen LogP contribution in [0.25, 0.3) is 33.1 Å². The van der Waals surface area contributed by atoms with Crippen molar-refractivity contribution in [2.24, 2.45) is 0 Å². The van der Waals surface area contributed by atoms with Gasteiger partial charge < -0.3 is 20.8 Å². The molecule has 4 N–H and O–H groups in total. The van der Waals surface area contributed by atoms with Crippen LogP contribution in [0.15, 0.2) is 36.7 Å². The SMILES string of the molecule is CCc1nc2c(N)ncc(-c3cccc4[nH]ccc34)c2nc1NC1CCOCC1. The Kier molecular flexibility index (Phi) is 4.52. The zero-order chi connectivity index (χ0) is 19.8. The number of nitrogens with one attached hydrogen (secondary N) is 2. The maximum atomic E-state index is 6.20. The van der Waals surface area contributed by atoms with E-state index >= 15 is 0 Å². The molecule has 7 heteroatoms. The summed E-state index contributed by atoms with van der Waals surface area (Å²) in [6.07, 6.45) is 6.46. The van der Waals surface area contributed by atoms with E-state index in [0.717, 1.165) is 71.5 Å². The number of hydrogen-bond acceptors (Lipinski definition) is 6. The van der Waals surface area contributed by atoms with E-state index in [1.165, 1.54) is 0 Å². The molecule has 4 heterocycles. The first-order chi connectivity index (χ1) is 14.2. The summed E-state index contributed by atoms with van der Waals surface area (Å²) in [5.41, 5.74) is 11.6. The van der Waals surface area contributed by atoms with Crippen LogP contribution in [0.5, 0.6) is 0 Å². The predicted octanol–water partition coefficient (Wildman–Crippen LogP) is 3.91. The molecular weight excluding hydrogens is 364 g/mol. The van der Waals surface area contributed by atoms with E-state index in [4.69, 9.17) is 20.4 Å². The normalized spacial score (nSPS) is 15.2. The lowest BCUT2D eigenvalue weighted by atomic mass is 10.0. The number of nitrogens with two attached hydrogens (primary N) is 1. The Hall–Kier alpha value is -3.19. The summed E-state index contributed by atoms with van der Waals surface area (Å²) in [6.45, 7) is 3.63. The van der Waals surface area contributed by atoms with Gasteiger partial charge in [0.05, 0.1) is 5.69 Å². The highest BCUT2D eigenvalue weighted by atomic mass is 16.5. The van der Waals surface area contributed by atoms with Gasteiger partial charge in [0.1, 0.15) is 16.9 Å². The number of aromatic nitrogens is 4. The first kappa shape index (κ1) is 17.9. The number of aromatic amines is 1. The maximum Gasteiger partial charge on any atom is 0.151 e. The molecule has 0 atom stereocenters. The Bertz CT molecular complexity index is 1180. The second-order valence-electron chi connectivity index (χ2n) is 7.40. The largest absolute Gasteiger partial charge is 0.382 e. The van der Waals surface area contributed by atoms with Crippen molar-refractivity contribution in [2.45, 2.75) is 32.2 Å². The molecule has 1 aliphatic rings. The molecule has 0 radical (unpaired) electrons. The third-order valence-corrected chi connectivity index (χ3v) is 5.58. The number of benzene rings is 1. The zero-order valence-corrected chi connectivity index (χ0v) is 16.4. The molecule has 1 fully saturated rings. The van der Waals surface area contributed by atoms with Crippen LogP contribution in [0.3, 0.4) is 0 Å². The Labute approximate surface area is 168 Å². The number of nitrogen functional groups attached to an aromatic ring is 1. The van der Waals surface area contributed by atoms with Gasteiger partial charge in [-0.2, -0.15) is 0 Å². The molecule has 4 aromatic rings. The fraction of sp³-hybridized carbons (Fsp3) is 0.318. The summed E-state index contributed by atoms with van der Waals surface area (Å²) in [7, 11) is 0. The number of rotatable bonds is 4. The number of H-pyrrole nitrogens is 1. The van der Waals surface area contributed by atoms with Crippen molar-refractivity contribution >= 4 is 33.6 Å². The minimum Gasteiger partial charge on any atom is -0.382 e. The van der Waals surface area contributed by atoms with Crippen molar-refractivity contribution in [3.63, 3.8) is 0 Å². The van der Waals surface area contributed by atoms with Crippen molar-refractivity contribution in [1.29, 1.82) is 0 Å². The van der Waals surface area contributed by atoms with Gasteiger partial charge in [0.25, 0.3) is 0 Å². The van der Waals surface area contributed by atoms with E-state index in [1.807, 2.05) is 12.3 Å². The maximum absolute atomic E-state index is 6.20. The van der Waals surface area contributed by atoms with Crippen LogP contribution in [0.2, 0.25) is 0 Å². The second kappa shape index (κ2) is 7.33. The smallest absolute Gasteiger partial charge is 0.151 e. The Morgan fingerprint density at radius 2 is 2.00 bits per heavy atom. The van der Waals surface area contributed by atoms with E-state index in [9.17, 15) is 0 Å². The number of hydrogen-bond donors (Lipinski definition) is 3. The van der Waals surface area contributed by atoms with Gasteiger partial charge in [0.2, 0.25) is 0 Å². The molecule has 0 unspecified atom stereocenters. The fourth-order valence-electron chi connectivity index (χ4n) is 4.01. The molecule has 148 valence electrons. The molecule has 0 aliphatic carbocycles. The van der Waals surface area contributed by atoms with E-state index in [-0.39, 0.29) is 0 Å². The minimum absolute atomic E-state index is 0.344. The van der Waals surface area contributed by atoms with Crippen molar-refractivity contribution in [1.82, 2.24) is 19.9 Å². The van der Waals surface area contributed by atoms with Crippen LogP contribution in [0.1, 0.15) is 25.5 Å². The topological polar surface area (TPSA) is 102 Å². The summed E-state index contributed by atoms with van der Waals surface area (Å²) in [5.74, 6) is 1.24. The summed E-state index contributed by atoms with van der Waals surface area (Å²) in [4.78, 5) is 17.6. The zero-order valence-electron chi connectivity index (χ0n) is 16.4. The van der Waals surface area contributed by atoms with Gasteiger partial charge in [-0.1, -0.05) is 19.1 Å². The third kappa shape index (κ3) is 3.17. The number of fused-ring (bicyclic) bond motifs is 2. The molecule has 7 nitrogen and oxygen atoms in total. The monoisotopic (exact) mass is 388 g/mol. The molecule has 1 aromatic carbocycles. The van der Waals surface area contributed by atoms with Crippen LogP contribution < -0.4 is 11.1 Å². The molecule has 0 amide bonds. The van der Waals surface area contributed by atoms with Crippen molar-refractivity contribution in [2.75, 3.05) is 24.3 Å². The minimum atomic E-state index is 0.344. The highest BCUT2D eigenvalue weighted by Gasteiger charge is 2.19. The van der Waals surface area contributed by atoms with Gasteiger partial charge in [0.15, 0.2) is 5.82 Å². The van der Waals surface area contributed by atoms with Crippen LogP contribution >= 0.6 is 0 Å². The lowest BCUT2D eigenvalue weighted by Gasteiger charge is -2.24. The average molecular weight is 388 g/mol. The van der Waals surface area contributed by atoms with Crippen LogP contribution in [-0.4, -0.2) is 39.2 Å². The first-order valence-electron chi connectivity index (χ1n) is 10.1. The third-order valence-electron chi connectivity index (χ3n) is 5.58. The fourth-order valence-corrected chi connectivity index (χ4v) is 4.01. The summed E-state index contributed by atoms with van der Waals surface area (Å²) in [6, 6.07) is 8.60. The van der Waals surface area contributed by atoms with Gasteiger partial charge in [-0.05, 0) is 37.0 Å². The molecule has 0 bridgehead atoms. The van der Waals surface area contributed by atoms with E-state index in [1.54, 1.807) is 6.20 Å². The Morgan fingerprint density at radius 1 is 1.14 bits per heavy atom. The van der Waals surface area contributed by atoms with Gasteiger partial charge in [0, 0.05) is 48.1 Å². The number of nitrogens with zero attached hydrogens (tertiary/aromatic N) is 3. The molecule has 0 saturated carbocycles. The number of anilines is 2. The van der Waals surface area contributed by atoms with Crippen LogP contribution in [0, 0.1) is 0 Å². The van der Waals surface area contributed by atoms with Crippen molar-refractivity contribution in [3.05, 3.63) is 42.4 Å². The summed E-state index contributed by atoms with van der Waals surface area (Å²) >= 11 is 0. The molecule has 3 aromatic heterocycles. The highest BCUT2D eigenvalue weighted by molar-refractivity contribution is 6.04. The standard InChI is InChI=1S/C22H24N6O/c1-2-17-22(26-13-7-10-29-11-8-13)28-19-16(12-25-21(23)20(19)27-17)14-4-3-5-18-15(14)6-9-24-18/h3-6,9,12-13,24H,2,7-8,10-11H2,1H3,(H2,23,25)(H,26,28). The number of pyridine rings is 1.